The third kappa shape index (κ3) is 3.25. The van der Waals surface area contributed by atoms with E-state index in [1.807, 2.05) is 36.7 Å². The highest BCUT2D eigenvalue weighted by atomic mass is 16.3. The number of aromatic nitrogens is 5. The summed E-state index contributed by atoms with van der Waals surface area (Å²) < 4.78 is 3.85. The molecule has 0 radical (unpaired) electrons. The first-order chi connectivity index (χ1) is 13.8. The lowest BCUT2D eigenvalue weighted by Gasteiger charge is -2.27. The summed E-state index contributed by atoms with van der Waals surface area (Å²) in [5.74, 6) is 0.771. The van der Waals surface area contributed by atoms with Crippen molar-refractivity contribution in [1.29, 1.82) is 0 Å². The molecule has 7 nitrogen and oxygen atoms in total. The van der Waals surface area contributed by atoms with Gasteiger partial charge in [-0.05, 0) is 56.0 Å². The van der Waals surface area contributed by atoms with Gasteiger partial charge in [-0.15, -0.1) is 0 Å². The number of fused-ring (bicyclic) bond motifs is 1. The molecule has 0 aromatic carbocycles. The summed E-state index contributed by atoms with van der Waals surface area (Å²) in [7, 11) is 0. The summed E-state index contributed by atoms with van der Waals surface area (Å²) >= 11 is 0. The number of rotatable bonds is 4. The van der Waals surface area contributed by atoms with Gasteiger partial charge < -0.3 is 10.4 Å². The van der Waals surface area contributed by atoms with Crippen molar-refractivity contribution < 1.29 is 5.11 Å². The molecule has 0 spiro atoms. The quantitative estimate of drug-likeness (QED) is 0.573. The van der Waals surface area contributed by atoms with E-state index in [0.717, 1.165) is 54.1 Å². The molecule has 0 aliphatic heterocycles. The Hall–Kier alpha value is -3.19. The SMILES string of the molecule is OC1CCC(Nc2ccc3ncc(-c4ccnc(-n5cccn5)c4)n3c2)CC1. The van der Waals surface area contributed by atoms with E-state index in [0.29, 0.717) is 6.04 Å². The standard InChI is InChI=1S/C21H22N6O/c28-18-5-2-16(3-6-18)25-17-4-7-20-23-13-19(26(20)14-17)15-8-10-22-21(12-15)27-11-1-9-24-27/h1,4,7-14,16,18,25,28H,2-3,5-6H2. The molecule has 0 amide bonds. The van der Waals surface area contributed by atoms with Crippen LogP contribution in [0.1, 0.15) is 25.7 Å². The predicted molar refractivity (Wildman–Crippen MR) is 107 cm³/mol. The van der Waals surface area contributed by atoms with Crippen molar-refractivity contribution in [3.8, 4) is 17.1 Å². The number of imidazole rings is 1. The van der Waals surface area contributed by atoms with E-state index >= 15 is 0 Å². The number of nitrogens with zero attached hydrogens (tertiary/aromatic N) is 5. The lowest BCUT2D eigenvalue weighted by Crippen LogP contribution is -2.28. The van der Waals surface area contributed by atoms with Crippen LogP contribution in [0.15, 0.2) is 61.3 Å². The number of aliphatic hydroxyl groups excluding tert-OH is 1. The summed E-state index contributed by atoms with van der Waals surface area (Å²) in [5.41, 5.74) is 4.01. The molecule has 142 valence electrons. The minimum absolute atomic E-state index is 0.142. The van der Waals surface area contributed by atoms with Crippen molar-refractivity contribution in [2.24, 2.45) is 0 Å². The van der Waals surface area contributed by atoms with Crippen molar-refractivity contribution in [2.45, 2.75) is 37.8 Å². The zero-order chi connectivity index (χ0) is 18.9. The predicted octanol–water partition coefficient (Wildman–Crippen LogP) is 3.30. The molecule has 4 aromatic heterocycles. The average molecular weight is 374 g/mol. The van der Waals surface area contributed by atoms with E-state index in [9.17, 15) is 5.11 Å². The van der Waals surface area contributed by atoms with Crippen LogP contribution in [-0.2, 0) is 0 Å². The number of anilines is 1. The summed E-state index contributed by atoms with van der Waals surface area (Å²) in [6.07, 6.45) is 13.0. The zero-order valence-corrected chi connectivity index (χ0v) is 15.4. The molecule has 0 saturated heterocycles. The number of pyridine rings is 2. The molecule has 4 aromatic rings. The topological polar surface area (TPSA) is 80.3 Å². The van der Waals surface area contributed by atoms with Gasteiger partial charge in [-0.2, -0.15) is 5.10 Å². The maximum Gasteiger partial charge on any atom is 0.153 e. The molecular weight excluding hydrogens is 352 g/mol. The van der Waals surface area contributed by atoms with Gasteiger partial charge in [0.1, 0.15) is 5.65 Å². The molecular formula is C21H22N6O. The molecule has 1 aliphatic rings. The number of hydrogen-bond donors (Lipinski definition) is 2. The van der Waals surface area contributed by atoms with E-state index < -0.39 is 0 Å². The van der Waals surface area contributed by atoms with Gasteiger partial charge >= 0.3 is 0 Å². The van der Waals surface area contributed by atoms with Crippen LogP contribution in [0.2, 0.25) is 0 Å². The van der Waals surface area contributed by atoms with Gasteiger partial charge in [-0.25, -0.2) is 14.6 Å². The Bertz CT molecular complexity index is 1080. The number of nitrogens with one attached hydrogen (secondary N) is 1. The van der Waals surface area contributed by atoms with E-state index in [4.69, 9.17) is 0 Å². The molecule has 5 rings (SSSR count). The van der Waals surface area contributed by atoms with Crippen LogP contribution in [0.25, 0.3) is 22.7 Å². The molecule has 2 N–H and O–H groups in total. The lowest BCUT2D eigenvalue weighted by molar-refractivity contribution is 0.126. The second-order valence-corrected chi connectivity index (χ2v) is 7.29. The third-order valence-corrected chi connectivity index (χ3v) is 5.35. The Morgan fingerprint density at radius 2 is 1.93 bits per heavy atom. The van der Waals surface area contributed by atoms with Gasteiger partial charge in [-0.1, -0.05) is 0 Å². The Morgan fingerprint density at radius 1 is 1.04 bits per heavy atom. The summed E-state index contributed by atoms with van der Waals surface area (Å²) in [6.45, 7) is 0. The maximum absolute atomic E-state index is 9.71. The number of hydrogen-bond acceptors (Lipinski definition) is 5. The van der Waals surface area contributed by atoms with Crippen molar-refractivity contribution in [2.75, 3.05) is 5.32 Å². The van der Waals surface area contributed by atoms with Crippen molar-refractivity contribution in [3.63, 3.8) is 0 Å². The monoisotopic (exact) mass is 374 g/mol. The van der Waals surface area contributed by atoms with E-state index in [1.165, 1.54) is 0 Å². The highest BCUT2D eigenvalue weighted by Gasteiger charge is 2.19. The first-order valence-electron chi connectivity index (χ1n) is 9.64. The molecule has 28 heavy (non-hydrogen) atoms. The van der Waals surface area contributed by atoms with Gasteiger partial charge in [-0.3, -0.25) is 4.40 Å². The second kappa shape index (κ2) is 7.09. The van der Waals surface area contributed by atoms with Crippen LogP contribution < -0.4 is 5.32 Å². The van der Waals surface area contributed by atoms with Crippen LogP contribution >= 0.6 is 0 Å². The Kier molecular flexibility index (Phi) is 4.29. The Labute approximate surface area is 162 Å². The van der Waals surface area contributed by atoms with Crippen LogP contribution in [-0.4, -0.2) is 41.4 Å². The van der Waals surface area contributed by atoms with Crippen LogP contribution in [0.5, 0.6) is 0 Å². The third-order valence-electron chi connectivity index (χ3n) is 5.35. The average Bonchev–Trinajstić information content (AvgIpc) is 3.40. The zero-order valence-electron chi connectivity index (χ0n) is 15.4. The molecule has 7 heteroatoms. The molecule has 1 aliphatic carbocycles. The smallest absolute Gasteiger partial charge is 0.153 e. The minimum atomic E-state index is -0.142. The van der Waals surface area contributed by atoms with Gasteiger partial charge in [0.05, 0.1) is 23.7 Å². The molecule has 4 heterocycles. The molecule has 0 unspecified atom stereocenters. The molecule has 1 saturated carbocycles. The van der Waals surface area contributed by atoms with E-state index in [1.54, 1.807) is 17.1 Å². The van der Waals surface area contributed by atoms with Crippen LogP contribution in [0.3, 0.4) is 0 Å². The molecule has 0 bridgehead atoms. The summed E-state index contributed by atoms with van der Waals surface area (Å²) in [4.78, 5) is 8.96. The highest BCUT2D eigenvalue weighted by molar-refractivity contribution is 5.66. The minimum Gasteiger partial charge on any atom is -0.393 e. The van der Waals surface area contributed by atoms with Gasteiger partial charge in [0.2, 0.25) is 0 Å². The fourth-order valence-electron chi connectivity index (χ4n) is 3.84. The van der Waals surface area contributed by atoms with Crippen LogP contribution in [0, 0.1) is 0 Å². The Morgan fingerprint density at radius 3 is 2.75 bits per heavy atom. The second-order valence-electron chi connectivity index (χ2n) is 7.29. The fraction of sp³-hybridized carbons (Fsp3) is 0.286. The fourth-order valence-corrected chi connectivity index (χ4v) is 3.84. The van der Waals surface area contributed by atoms with Gasteiger partial charge in [0.15, 0.2) is 5.82 Å². The summed E-state index contributed by atoms with van der Waals surface area (Å²) in [6, 6.07) is 10.4. The van der Waals surface area contributed by atoms with Crippen molar-refractivity contribution >= 4 is 11.3 Å². The lowest BCUT2D eigenvalue weighted by atomic mass is 9.93. The molecule has 0 atom stereocenters. The van der Waals surface area contributed by atoms with Gasteiger partial charge in [0.25, 0.3) is 0 Å². The van der Waals surface area contributed by atoms with E-state index in [2.05, 4.69) is 37.0 Å². The number of aliphatic hydroxyl groups is 1. The van der Waals surface area contributed by atoms with E-state index in [-0.39, 0.29) is 6.10 Å². The Balaban J connectivity index is 1.46. The van der Waals surface area contributed by atoms with Crippen LogP contribution in [0.4, 0.5) is 5.69 Å². The first kappa shape index (κ1) is 16.9. The highest BCUT2D eigenvalue weighted by Crippen LogP contribution is 2.26. The first-order valence-corrected chi connectivity index (χ1v) is 9.64. The van der Waals surface area contributed by atoms with Crippen molar-refractivity contribution in [1.82, 2.24) is 24.1 Å². The molecule has 1 fully saturated rings. The van der Waals surface area contributed by atoms with Gasteiger partial charge in [0, 0.05) is 36.4 Å². The summed E-state index contributed by atoms with van der Waals surface area (Å²) in [5, 5.41) is 17.6. The van der Waals surface area contributed by atoms with Crippen molar-refractivity contribution in [3.05, 3.63) is 61.3 Å². The maximum atomic E-state index is 9.71. The largest absolute Gasteiger partial charge is 0.393 e. The normalized spacial score (nSPS) is 19.8.